The van der Waals surface area contributed by atoms with E-state index in [2.05, 4.69) is 0 Å². The molecule has 0 radical (unpaired) electrons. The van der Waals surface area contributed by atoms with Crippen molar-refractivity contribution in [2.45, 2.75) is 32.2 Å². The zero-order chi connectivity index (χ0) is 15.7. The molecule has 2 fully saturated rings. The van der Waals surface area contributed by atoms with Crippen molar-refractivity contribution in [2.24, 2.45) is 11.7 Å². The van der Waals surface area contributed by atoms with Gasteiger partial charge in [-0.15, -0.1) is 12.4 Å². The minimum Gasteiger partial charge on any atom is -0.341 e. The van der Waals surface area contributed by atoms with E-state index < -0.39 is 0 Å². The summed E-state index contributed by atoms with van der Waals surface area (Å²) >= 11 is 0. The number of rotatable bonds is 2. The van der Waals surface area contributed by atoms with Gasteiger partial charge in [0.2, 0.25) is 11.8 Å². The molecule has 23 heavy (non-hydrogen) atoms. The smallest absolute Gasteiger partial charge is 0.228 e. The zero-order valence-corrected chi connectivity index (χ0v) is 14.2. The van der Waals surface area contributed by atoms with Gasteiger partial charge in [-0.05, 0) is 31.9 Å². The van der Waals surface area contributed by atoms with Gasteiger partial charge in [0.25, 0.3) is 0 Å². The number of carbonyl (C=O) groups excluding carboxylic acids is 2. The lowest BCUT2D eigenvalue weighted by Gasteiger charge is -2.32. The van der Waals surface area contributed by atoms with Crippen LogP contribution >= 0.6 is 12.4 Å². The second kappa shape index (κ2) is 7.32. The Morgan fingerprint density at radius 3 is 2.57 bits per heavy atom. The number of hydrogen-bond acceptors (Lipinski definition) is 3. The fraction of sp³-hybridized carbons (Fsp3) is 0.529. The summed E-state index contributed by atoms with van der Waals surface area (Å²) in [4.78, 5) is 28.4. The molecule has 0 saturated carbocycles. The van der Waals surface area contributed by atoms with E-state index in [4.69, 9.17) is 5.73 Å². The minimum absolute atomic E-state index is 0. The number of hydrogen-bond donors (Lipinski definition) is 1. The summed E-state index contributed by atoms with van der Waals surface area (Å²) in [5, 5.41) is 0. The Hall–Kier alpha value is -1.59. The highest BCUT2D eigenvalue weighted by molar-refractivity contribution is 6.00. The third-order valence-corrected chi connectivity index (χ3v) is 4.59. The average Bonchev–Trinajstić information content (AvgIpc) is 2.89. The summed E-state index contributed by atoms with van der Waals surface area (Å²) in [5.74, 6) is -0.124. The quantitative estimate of drug-likeness (QED) is 0.893. The van der Waals surface area contributed by atoms with Crippen LogP contribution in [0, 0.1) is 12.8 Å². The molecule has 0 aromatic heterocycles. The maximum absolute atomic E-state index is 12.6. The van der Waals surface area contributed by atoms with Gasteiger partial charge in [-0.2, -0.15) is 0 Å². The molecule has 0 bridgehead atoms. The number of nitrogens with two attached hydrogens (primary N) is 1. The van der Waals surface area contributed by atoms with Gasteiger partial charge in [-0.1, -0.05) is 17.7 Å². The molecule has 2 saturated heterocycles. The number of amides is 2. The summed E-state index contributed by atoms with van der Waals surface area (Å²) in [6, 6.07) is 7.93. The van der Waals surface area contributed by atoms with E-state index in [1.165, 1.54) is 0 Å². The number of benzene rings is 1. The van der Waals surface area contributed by atoms with E-state index in [9.17, 15) is 9.59 Å². The monoisotopic (exact) mass is 337 g/mol. The Morgan fingerprint density at radius 1 is 1.22 bits per heavy atom. The van der Waals surface area contributed by atoms with E-state index >= 15 is 0 Å². The highest BCUT2D eigenvalue weighted by atomic mass is 35.5. The normalized spacial score (nSPS) is 24.5. The highest BCUT2D eigenvalue weighted by Crippen LogP contribution is 2.27. The number of likely N-dealkylation sites (tertiary alicyclic amines) is 1. The van der Waals surface area contributed by atoms with Crippen LogP contribution in [0.4, 0.5) is 5.69 Å². The molecule has 2 amide bonds. The summed E-state index contributed by atoms with van der Waals surface area (Å²) in [7, 11) is 0. The van der Waals surface area contributed by atoms with Gasteiger partial charge in [0.1, 0.15) is 0 Å². The topological polar surface area (TPSA) is 66.6 Å². The molecule has 5 nitrogen and oxygen atoms in total. The fourth-order valence-corrected chi connectivity index (χ4v) is 3.32. The van der Waals surface area contributed by atoms with Crippen LogP contribution in [-0.2, 0) is 9.59 Å². The molecule has 0 aliphatic carbocycles. The van der Waals surface area contributed by atoms with Crippen LogP contribution in [0.1, 0.15) is 24.8 Å². The Kier molecular flexibility index (Phi) is 5.65. The van der Waals surface area contributed by atoms with Gasteiger partial charge in [0, 0.05) is 37.8 Å². The molecule has 2 unspecified atom stereocenters. The summed E-state index contributed by atoms with van der Waals surface area (Å²) < 4.78 is 0. The van der Waals surface area contributed by atoms with E-state index in [-0.39, 0.29) is 36.2 Å². The maximum atomic E-state index is 12.6. The van der Waals surface area contributed by atoms with Crippen LogP contribution in [-0.4, -0.2) is 42.4 Å². The molecule has 3 rings (SSSR count). The number of nitrogens with zero attached hydrogens (tertiary/aromatic N) is 2. The van der Waals surface area contributed by atoms with Crippen LogP contribution in [0.3, 0.4) is 0 Å². The SMILES string of the molecule is Cc1ccc(N2CC(C(=O)N3CCCC(N)C3)CC2=O)cc1.Cl. The maximum Gasteiger partial charge on any atom is 0.228 e. The van der Waals surface area contributed by atoms with Gasteiger partial charge < -0.3 is 15.5 Å². The number of anilines is 1. The van der Waals surface area contributed by atoms with Gasteiger partial charge in [-0.3, -0.25) is 9.59 Å². The largest absolute Gasteiger partial charge is 0.341 e. The van der Waals surface area contributed by atoms with Crippen molar-refractivity contribution in [3.05, 3.63) is 29.8 Å². The van der Waals surface area contributed by atoms with E-state index in [0.29, 0.717) is 19.5 Å². The summed E-state index contributed by atoms with van der Waals surface area (Å²) in [6.45, 7) is 3.88. The average molecular weight is 338 g/mol. The van der Waals surface area contributed by atoms with Gasteiger partial charge in [0.05, 0.1) is 5.92 Å². The number of halogens is 1. The van der Waals surface area contributed by atoms with Crippen molar-refractivity contribution in [1.82, 2.24) is 4.90 Å². The first kappa shape index (κ1) is 17.8. The molecule has 2 aliphatic heterocycles. The summed E-state index contributed by atoms with van der Waals surface area (Å²) in [5.41, 5.74) is 7.98. The Morgan fingerprint density at radius 2 is 1.91 bits per heavy atom. The van der Waals surface area contributed by atoms with E-state index in [0.717, 1.165) is 30.6 Å². The van der Waals surface area contributed by atoms with Crippen molar-refractivity contribution in [3.8, 4) is 0 Å². The molecular formula is C17H24ClN3O2. The van der Waals surface area contributed by atoms with Crippen molar-refractivity contribution in [3.63, 3.8) is 0 Å². The van der Waals surface area contributed by atoms with Crippen molar-refractivity contribution in [1.29, 1.82) is 0 Å². The minimum atomic E-state index is -0.237. The summed E-state index contributed by atoms with van der Waals surface area (Å²) in [6.07, 6.45) is 2.23. The standard InChI is InChI=1S/C17H23N3O2.ClH/c1-12-4-6-15(7-5-12)20-10-13(9-16(20)21)17(22)19-8-2-3-14(18)11-19;/h4-7,13-14H,2-3,8-11,18H2,1H3;1H. The lowest BCUT2D eigenvalue weighted by Crippen LogP contribution is -2.48. The van der Waals surface area contributed by atoms with Crippen molar-refractivity contribution >= 4 is 29.9 Å². The Bertz CT molecular complexity index is 576. The van der Waals surface area contributed by atoms with E-state index in [1.54, 1.807) is 4.90 Å². The van der Waals surface area contributed by atoms with Crippen LogP contribution < -0.4 is 10.6 Å². The van der Waals surface area contributed by atoms with Crippen molar-refractivity contribution in [2.75, 3.05) is 24.5 Å². The predicted octanol–water partition coefficient (Wildman–Crippen LogP) is 1.72. The number of carbonyl (C=O) groups is 2. The molecule has 2 aliphatic rings. The molecule has 2 heterocycles. The lowest BCUT2D eigenvalue weighted by molar-refractivity contribution is -0.136. The molecular weight excluding hydrogens is 314 g/mol. The second-order valence-corrected chi connectivity index (χ2v) is 6.43. The molecule has 2 atom stereocenters. The third-order valence-electron chi connectivity index (χ3n) is 4.59. The Balaban J connectivity index is 0.00000192. The van der Waals surface area contributed by atoms with Crippen LogP contribution in [0.15, 0.2) is 24.3 Å². The fourth-order valence-electron chi connectivity index (χ4n) is 3.32. The molecule has 126 valence electrons. The molecule has 1 aromatic rings. The molecule has 2 N–H and O–H groups in total. The molecule has 1 aromatic carbocycles. The second-order valence-electron chi connectivity index (χ2n) is 6.43. The lowest BCUT2D eigenvalue weighted by atomic mass is 10.0. The number of piperidine rings is 1. The predicted molar refractivity (Wildman–Crippen MR) is 92.7 cm³/mol. The van der Waals surface area contributed by atoms with Gasteiger partial charge in [-0.25, -0.2) is 0 Å². The molecule has 0 spiro atoms. The first-order valence-corrected chi connectivity index (χ1v) is 7.96. The zero-order valence-electron chi connectivity index (χ0n) is 13.4. The first-order valence-electron chi connectivity index (χ1n) is 7.96. The first-order chi connectivity index (χ1) is 10.5. The third kappa shape index (κ3) is 3.85. The van der Waals surface area contributed by atoms with E-state index in [1.807, 2.05) is 36.1 Å². The highest BCUT2D eigenvalue weighted by Gasteiger charge is 2.37. The number of aryl methyl sites for hydroxylation is 1. The van der Waals surface area contributed by atoms with Gasteiger partial charge >= 0.3 is 0 Å². The van der Waals surface area contributed by atoms with Crippen LogP contribution in [0.5, 0.6) is 0 Å². The molecule has 6 heteroatoms. The van der Waals surface area contributed by atoms with Crippen molar-refractivity contribution < 1.29 is 9.59 Å². The Labute approximate surface area is 143 Å². The van der Waals surface area contributed by atoms with Crippen LogP contribution in [0.2, 0.25) is 0 Å². The van der Waals surface area contributed by atoms with Crippen LogP contribution in [0.25, 0.3) is 0 Å². The van der Waals surface area contributed by atoms with Gasteiger partial charge in [0.15, 0.2) is 0 Å².